The fourth-order valence-corrected chi connectivity index (χ4v) is 12.0. The van der Waals surface area contributed by atoms with Gasteiger partial charge < -0.3 is 77.5 Å². The molecule has 13 N–H and O–H groups in total. The summed E-state index contributed by atoms with van der Waals surface area (Å²) in [6.07, 6.45) is 4.39. The van der Waals surface area contributed by atoms with Gasteiger partial charge >= 0.3 is 5.97 Å². The molecule has 0 unspecified atom stereocenters. The molecule has 0 aliphatic heterocycles. The molecule has 1 aromatic heterocycles. The molecule has 0 fully saturated rings. The molecule has 5 aromatic rings. The second kappa shape index (κ2) is 44.4. The van der Waals surface area contributed by atoms with Crippen molar-refractivity contribution in [3.63, 3.8) is 0 Å². The summed E-state index contributed by atoms with van der Waals surface area (Å²) in [4.78, 5) is 138. The van der Waals surface area contributed by atoms with Gasteiger partial charge in [-0.05, 0) is 183 Å². The number of halogens is 1. The van der Waals surface area contributed by atoms with Crippen LogP contribution in [0, 0.1) is 16.7 Å². The molecule has 0 spiro atoms. The standard InChI is InChI=1S/C80H116ClN15O12/c1-14-95(15-2)77(82)85-41-22-20-28-61(69(98)90-63(43-51(5)6)70(99)89-62(76(105)106)29-21-23-42-86-78(83)96(16-3)17-4)88-72(101)65(46-54-33-38-60(39-34-54)108-80(11,12)13)93-75(104)68(50-107-79(8,9)10)94-74(103)67(48-56-25-24-40-84-49-56)92-73(102)66(45-53-31-36-59(81)37-32-53)91-71(100)64(87-52(7)97)47-55-30-35-57-26-18-19-27-58(57)44-55/h18-19,24-27,30-40,44,49,51,61-68H,14-17,20-23,28-29,41-43,45-48,50H2,1-13H3,(H2,82,85)(H2,83,86)(H,87,97)(H,88,101)(H,89,99)(H,90,98)(H,91,100)(H,92,102)(H,93,104)(H,94,103)(H,105,106)/t61-,62+,63+,64-,65+,66-,67-,68+/m1/s1. The van der Waals surface area contributed by atoms with Crippen molar-refractivity contribution in [2.24, 2.45) is 5.92 Å². The lowest BCUT2D eigenvalue weighted by Crippen LogP contribution is -2.61. The molecular formula is C80H116ClN15O12. The first kappa shape index (κ1) is 88.7. The Kier molecular flexibility index (Phi) is 36.5. The number of aromatic nitrogens is 1. The zero-order valence-electron chi connectivity index (χ0n) is 65.1. The van der Waals surface area contributed by atoms with Crippen LogP contribution >= 0.6 is 11.6 Å². The normalized spacial score (nSPS) is 13.7. The van der Waals surface area contributed by atoms with Crippen molar-refractivity contribution < 1.29 is 57.7 Å². The van der Waals surface area contributed by atoms with Crippen molar-refractivity contribution >= 4 is 87.5 Å². The summed E-state index contributed by atoms with van der Waals surface area (Å²) in [5, 5.41) is 58.1. The van der Waals surface area contributed by atoms with Crippen molar-refractivity contribution in [2.75, 3.05) is 45.9 Å². The third-order valence-electron chi connectivity index (χ3n) is 17.6. The highest BCUT2D eigenvalue weighted by atomic mass is 35.5. The van der Waals surface area contributed by atoms with Gasteiger partial charge in [-0.3, -0.25) is 54.2 Å². The molecule has 8 atom stereocenters. The summed E-state index contributed by atoms with van der Waals surface area (Å²) in [5.41, 5.74) is 0.880. The van der Waals surface area contributed by atoms with Crippen LogP contribution in [0.5, 0.6) is 5.75 Å². The first-order valence-electron chi connectivity index (χ1n) is 37.5. The molecule has 0 radical (unpaired) electrons. The number of guanidine groups is 2. The number of aliphatic carboxylic acids is 1. The number of fused-ring (bicyclic) bond motifs is 1. The van der Waals surface area contributed by atoms with Gasteiger partial charge in [-0.15, -0.1) is 0 Å². The molecule has 8 amide bonds. The summed E-state index contributed by atoms with van der Waals surface area (Å²) < 4.78 is 12.3. The Labute approximate surface area is 641 Å². The molecule has 0 aliphatic carbocycles. The van der Waals surface area contributed by atoms with Gasteiger partial charge in [-0.25, -0.2) is 4.79 Å². The number of ether oxygens (including phenoxy) is 2. The minimum atomic E-state index is -1.59. The van der Waals surface area contributed by atoms with Crippen molar-refractivity contribution in [3.05, 3.63) is 143 Å². The highest BCUT2D eigenvalue weighted by Crippen LogP contribution is 2.22. The number of carbonyl (C=O) groups is 9. The van der Waals surface area contributed by atoms with Crippen molar-refractivity contribution in [3.8, 4) is 5.75 Å². The Balaban J connectivity index is 1.51. The lowest BCUT2D eigenvalue weighted by Gasteiger charge is -2.30. The average molecular weight is 1520 g/mol. The van der Waals surface area contributed by atoms with E-state index < -0.39 is 119 Å². The molecule has 5 rings (SSSR count). The van der Waals surface area contributed by atoms with E-state index in [0.717, 1.165) is 16.3 Å². The van der Waals surface area contributed by atoms with Crippen LogP contribution < -0.4 is 57.9 Å². The number of carboxylic acid groups (broad SMARTS) is 1. The van der Waals surface area contributed by atoms with E-state index in [4.69, 9.17) is 31.9 Å². The van der Waals surface area contributed by atoms with E-state index in [1.807, 2.05) is 115 Å². The van der Waals surface area contributed by atoms with E-state index in [9.17, 15) is 29.1 Å². The summed E-state index contributed by atoms with van der Waals surface area (Å²) in [6.45, 7) is 26.3. The van der Waals surface area contributed by atoms with Gasteiger partial charge in [0.25, 0.3) is 0 Å². The maximum Gasteiger partial charge on any atom is 0.326 e. The molecule has 27 nitrogen and oxygen atoms in total. The van der Waals surface area contributed by atoms with Gasteiger partial charge in [0.15, 0.2) is 11.9 Å². The van der Waals surface area contributed by atoms with Crippen LogP contribution in [0.4, 0.5) is 0 Å². The fraction of sp³-hybridized carbons (Fsp3) is 0.525. The molecule has 590 valence electrons. The van der Waals surface area contributed by atoms with E-state index >= 15 is 19.2 Å². The van der Waals surface area contributed by atoms with E-state index in [-0.39, 0.29) is 62.8 Å². The summed E-state index contributed by atoms with van der Waals surface area (Å²) >= 11 is 6.30. The van der Waals surface area contributed by atoms with Gasteiger partial charge in [-0.1, -0.05) is 98.2 Å². The van der Waals surface area contributed by atoms with Gasteiger partial charge in [-0.2, -0.15) is 0 Å². The third kappa shape index (κ3) is 31.9. The number of hydrogen-bond donors (Lipinski definition) is 13. The van der Waals surface area contributed by atoms with Crippen LogP contribution in [0.3, 0.4) is 0 Å². The lowest BCUT2D eigenvalue weighted by atomic mass is 9.99. The van der Waals surface area contributed by atoms with E-state index in [0.29, 0.717) is 92.4 Å². The van der Waals surface area contributed by atoms with E-state index in [1.165, 1.54) is 19.3 Å². The SMILES string of the molecule is CCN(CC)C(=N)NCCCC[C@H](NC(=O)[C@H](CC(C)C)NC(=O)[C@@H](CCCCNC(=N)N(CC)CC)NC(=O)[C@H](Cc1ccc(OC(C)(C)C)cc1)NC(=O)[C@H](COC(C)(C)C)NC(=O)[C@@H](Cc1cccnc1)NC(=O)[C@@H](Cc1ccc(Cl)cc1)NC(=O)[C@@H](Cc1ccc2ccccc2c1)NC(C)=O)C(=O)O. The quantitative estimate of drug-likeness (QED) is 0.0104. The summed E-state index contributed by atoms with van der Waals surface area (Å²) in [7, 11) is 0. The molecule has 4 aromatic carbocycles. The Morgan fingerprint density at radius 2 is 0.898 bits per heavy atom. The van der Waals surface area contributed by atoms with Crippen LogP contribution in [0.2, 0.25) is 5.02 Å². The second-order valence-corrected chi connectivity index (χ2v) is 29.7. The predicted octanol–water partition coefficient (Wildman–Crippen LogP) is 7.25. The number of hydrogen-bond acceptors (Lipinski definition) is 14. The topological polar surface area (TPSA) is 380 Å². The zero-order valence-corrected chi connectivity index (χ0v) is 65.8. The van der Waals surface area contributed by atoms with Crippen molar-refractivity contribution in [2.45, 2.75) is 220 Å². The van der Waals surface area contributed by atoms with E-state index in [1.54, 1.807) is 81.4 Å². The van der Waals surface area contributed by atoms with Crippen LogP contribution in [0.1, 0.15) is 157 Å². The lowest BCUT2D eigenvalue weighted by molar-refractivity contribution is -0.142. The van der Waals surface area contributed by atoms with Crippen molar-refractivity contribution in [1.82, 2.24) is 68.0 Å². The highest BCUT2D eigenvalue weighted by Gasteiger charge is 2.37. The smallest absolute Gasteiger partial charge is 0.326 e. The number of nitrogens with one attached hydrogen (secondary N) is 12. The summed E-state index contributed by atoms with van der Waals surface area (Å²) in [6, 6.07) is 19.2. The maximum absolute atomic E-state index is 15.4. The Morgan fingerprint density at radius 1 is 0.481 bits per heavy atom. The largest absolute Gasteiger partial charge is 0.488 e. The minimum Gasteiger partial charge on any atom is -0.488 e. The van der Waals surface area contributed by atoms with Crippen LogP contribution in [0.15, 0.2) is 116 Å². The maximum atomic E-state index is 15.4. The van der Waals surface area contributed by atoms with E-state index in [2.05, 4.69) is 58.2 Å². The summed E-state index contributed by atoms with van der Waals surface area (Å²) in [5.74, 6) is -6.62. The van der Waals surface area contributed by atoms with Gasteiger partial charge in [0, 0.05) is 89.3 Å². The Bertz CT molecular complexity index is 3750. The first-order chi connectivity index (χ1) is 51.2. The van der Waals surface area contributed by atoms with Gasteiger partial charge in [0.2, 0.25) is 47.3 Å². The molecule has 0 saturated carbocycles. The van der Waals surface area contributed by atoms with Gasteiger partial charge in [0.1, 0.15) is 59.7 Å². The molecule has 0 bridgehead atoms. The fourth-order valence-electron chi connectivity index (χ4n) is 11.9. The van der Waals surface area contributed by atoms with Gasteiger partial charge in [0.05, 0.1) is 12.2 Å². The highest BCUT2D eigenvalue weighted by molar-refractivity contribution is 6.30. The molecule has 28 heteroatoms. The van der Waals surface area contributed by atoms with Crippen LogP contribution in [-0.2, 0) is 73.6 Å². The number of pyridine rings is 1. The molecular weight excluding hydrogens is 1400 g/mol. The molecule has 108 heavy (non-hydrogen) atoms. The predicted molar refractivity (Wildman–Crippen MR) is 420 cm³/mol. The molecule has 0 aliphatic rings. The number of rotatable bonds is 43. The first-order valence-corrected chi connectivity index (χ1v) is 37.9. The Morgan fingerprint density at radius 3 is 1.37 bits per heavy atom. The number of nitrogens with zero attached hydrogens (tertiary/aromatic N) is 3. The van der Waals surface area contributed by atoms with Crippen LogP contribution in [-0.4, -0.2) is 190 Å². The monoisotopic (exact) mass is 1510 g/mol. The molecule has 1 heterocycles. The third-order valence-corrected chi connectivity index (χ3v) is 17.9. The number of unbranched alkanes of at least 4 members (excludes halogenated alkanes) is 2. The number of carboxylic acids is 1. The minimum absolute atomic E-state index is 0.00150. The van der Waals surface area contributed by atoms with Crippen LogP contribution in [0.25, 0.3) is 10.8 Å². The number of amides is 8. The Hall–Kier alpha value is -9.89. The average Bonchev–Trinajstić information content (AvgIpc) is 0.837. The number of carbonyl (C=O) groups excluding carboxylic acids is 8. The van der Waals surface area contributed by atoms with Crippen molar-refractivity contribution in [1.29, 1.82) is 10.8 Å². The zero-order chi connectivity index (χ0) is 79.7. The molecule has 0 saturated heterocycles. The second-order valence-electron chi connectivity index (χ2n) is 29.3. The number of benzene rings is 4.